The normalized spacial score (nSPS) is 28.1. The van der Waals surface area contributed by atoms with Gasteiger partial charge in [-0.25, -0.2) is 0 Å². The third-order valence-corrected chi connectivity index (χ3v) is 3.40. The van der Waals surface area contributed by atoms with E-state index < -0.39 is 0 Å². The molecule has 0 amide bonds. The topological polar surface area (TPSA) is 17.1 Å². The number of rotatable bonds is 4. The van der Waals surface area contributed by atoms with E-state index in [1.807, 2.05) is 0 Å². The Kier molecular flexibility index (Phi) is 4.37. The largest absolute Gasteiger partial charge is 0.303 e. The first-order chi connectivity index (χ1) is 6.63. The van der Waals surface area contributed by atoms with E-state index in [0.29, 0.717) is 5.92 Å². The van der Waals surface area contributed by atoms with Crippen LogP contribution in [0.4, 0.5) is 0 Å². The van der Waals surface area contributed by atoms with Crippen molar-refractivity contribution in [1.29, 1.82) is 0 Å². The second-order valence-electron chi connectivity index (χ2n) is 5.01. The Bertz CT molecular complexity index is 205. The highest BCUT2D eigenvalue weighted by Gasteiger charge is 2.25. The molecule has 1 heteroatoms. The minimum absolute atomic E-state index is 0.717. The van der Waals surface area contributed by atoms with Crippen LogP contribution in [0.15, 0.2) is 12.2 Å². The standard InChI is InChI=1S/C13H22O/c1-10(2)13-8-11(3)7-12(9-13)5-4-6-14/h6,10,12-13H,3-5,7-9H2,1-2H3. The minimum Gasteiger partial charge on any atom is -0.303 e. The molecule has 14 heavy (non-hydrogen) atoms. The second-order valence-corrected chi connectivity index (χ2v) is 5.01. The van der Waals surface area contributed by atoms with Gasteiger partial charge in [0.15, 0.2) is 0 Å². The van der Waals surface area contributed by atoms with E-state index in [-0.39, 0.29) is 0 Å². The molecule has 1 rings (SSSR count). The van der Waals surface area contributed by atoms with Crippen LogP contribution in [0.3, 0.4) is 0 Å². The molecule has 0 spiro atoms. The lowest BCUT2D eigenvalue weighted by molar-refractivity contribution is -0.108. The average Bonchev–Trinajstić information content (AvgIpc) is 2.14. The van der Waals surface area contributed by atoms with Gasteiger partial charge in [-0.2, -0.15) is 0 Å². The van der Waals surface area contributed by atoms with Crippen LogP contribution in [-0.4, -0.2) is 6.29 Å². The zero-order valence-corrected chi connectivity index (χ0v) is 9.46. The van der Waals surface area contributed by atoms with E-state index in [9.17, 15) is 4.79 Å². The Morgan fingerprint density at radius 1 is 1.50 bits per heavy atom. The molecule has 0 aromatic carbocycles. The monoisotopic (exact) mass is 194 g/mol. The van der Waals surface area contributed by atoms with Crippen LogP contribution in [0, 0.1) is 17.8 Å². The van der Waals surface area contributed by atoms with E-state index in [2.05, 4.69) is 20.4 Å². The Morgan fingerprint density at radius 3 is 2.79 bits per heavy atom. The van der Waals surface area contributed by atoms with Crippen LogP contribution in [0.1, 0.15) is 46.0 Å². The Balaban J connectivity index is 2.45. The van der Waals surface area contributed by atoms with Crippen LogP contribution in [0.5, 0.6) is 0 Å². The molecule has 2 atom stereocenters. The molecular weight excluding hydrogens is 172 g/mol. The van der Waals surface area contributed by atoms with Crippen LogP contribution in [0.2, 0.25) is 0 Å². The zero-order chi connectivity index (χ0) is 10.6. The molecule has 0 aromatic rings. The van der Waals surface area contributed by atoms with Gasteiger partial charge in [0.25, 0.3) is 0 Å². The van der Waals surface area contributed by atoms with Crippen molar-refractivity contribution in [2.24, 2.45) is 17.8 Å². The number of hydrogen-bond acceptors (Lipinski definition) is 1. The van der Waals surface area contributed by atoms with E-state index in [1.54, 1.807) is 0 Å². The smallest absolute Gasteiger partial charge is 0.120 e. The maximum Gasteiger partial charge on any atom is 0.120 e. The minimum atomic E-state index is 0.717. The predicted octanol–water partition coefficient (Wildman–Crippen LogP) is 3.59. The number of aldehydes is 1. The molecule has 80 valence electrons. The van der Waals surface area contributed by atoms with Crippen LogP contribution in [-0.2, 0) is 4.79 Å². The maximum absolute atomic E-state index is 10.3. The summed E-state index contributed by atoms with van der Waals surface area (Å²) < 4.78 is 0. The Morgan fingerprint density at radius 2 is 2.21 bits per heavy atom. The first-order valence-corrected chi connectivity index (χ1v) is 5.73. The predicted molar refractivity (Wildman–Crippen MR) is 60.1 cm³/mol. The quantitative estimate of drug-likeness (QED) is 0.493. The molecule has 0 bridgehead atoms. The fourth-order valence-electron chi connectivity index (χ4n) is 2.49. The lowest BCUT2D eigenvalue weighted by Crippen LogP contribution is -2.21. The number of allylic oxidation sites excluding steroid dienone is 1. The fraction of sp³-hybridized carbons (Fsp3) is 0.769. The van der Waals surface area contributed by atoms with Gasteiger partial charge in [-0.05, 0) is 43.4 Å². The first kappa shape index (κ1) is 11.5. The van der Waals surface area contributed by atoms with Crippen molar-refractivity contribution >= 4 is 6.29 Å². The second kappa shape index (κ2) is 5.33. The van der Waals surface area contributed by atoms with Gasteiger partial charge >= 0.3 is 0 Å². The molecule has 1 aliphatic carbocycles. The summed E-state index contributed by atoms with van der Waals surface area (Å²) in [6.45, 7) is 8.70. The molecule has 0 aliphatic heterocycles. The molecule has 1 saturated carbocycles. The third kappa shape index (κ3) is 3.28. The number of hydrogen-bond donors (Lipinski definition) is 0. The summed E-state index contributed by atoms with van der Waals surface area (Å²) in [5.41, 5.74) is 1.39. The van der Waals surface area contributed by atoms with Gasteiger partial charge in [0.2, 0.25) is 0 Å². The van der Waals surface area contributed by atoms with E-state index >= 15 is 0 Å². The summed E-state index contributed by atoms with van der Waals surface area (Å²) in [6, 6.07) is 0. The molecule has 1 aliphatic rings. The van der Waals surface area contributed by atoms with Gasteiger partial charge < -0.3 is 4.79 Å². The summed E-state index contributed by atoms with van der Waals surface area (Å²) in [7, 11) is 0. The lowest BCUT2D eigenvalue weighted by atomic mass is 9.73. The molecule has 0 saturated heterocycles. The summed E-state index contributed by atoms with van der Waals surface area (Å²) >= 11 is 0. The molecule has 2 unspecified atom stereocenters. The summed E-state index contributed by atoms with van der Waals surface area (Å²) in [5, 5.41) is 0. The van der Waals surface area contributed by atoms with Crippen molar-refractivity contribution < 1.29 is 4.79 Å². The lowest BCUT2D eigenvalue weighted by Gasteiger charge is -2.32. The number of carbonyl (C=O) groups excluding carboxylic acids is 1. The van der Waals surface area contributed by atoms with Crippen LogP contribution >= 0.6 is 0 Å². The maximum atomic E-state index is 10.3. The molecular formula is C13H22O. The van der Waals surface area contributed by atoms with Crippen molar-refractivity contribution in [1.82, 2.24) is 0 Å². The molecule has 0 radical (unpaired) electrons. The number of carbonyl (C=O) groups is 1. The summed E-state index contributed by atoms with van der Waals surface area (Å²) in [4.78, 5) is 10.3. The van der Waals surface area contributed by atoms with Gasteiger partial charge in [-0.3, -0.25) is 0 Å². The molecule has 0 heterocycles. The van der Waals surface area contributed by atoms with Gasteiger partial charge in [0.05, 0.1) is 0 Å². The van der Waals surface area contributed by atoms with Crippen molar-refractivity contribution in [2.45, 2.75) is 46.0 Å². The summed E-state index contributed by atoms with van der Waals surface area (Å²) in [6.07, 6.45) is 6.48. The fourth-order valence-corrected chi connectivity index (χ4v) is 2.49. The highest BCUT2D eigenvalue weighted by atomic mass is 16.1. The Hall–Kier alpha value is -0.590. The van der Waals surface area contributed by atoms with Crippen LogP contribution in [0.25, 0.3) is 0 Å². The van der Waals surface area contributed by atoms with Gasteiger partial charge in [-0.15, -0.1) is 0 Å². The Labute approximate surface area is 87.6 Å². The summed E-state index contributed by atoms with van der Waals surface area (Å²) in [5.74, 6) is 2.27. The SMILES string of the molecule is C=C1CC(CCC=O)CC(C(C)C)C1. The third-order valence-electron chi connectivity index (χ3n) is 3.40. The molecule has 0 N–H and O–H groups in total. The van der Waals surface area contributed by atoms with Gasteiger partial charge in [0.1, 0.15) is 6.29 Å². The van der Waals surface area contributed by atoms with Crippen molar-refractivity contribution in [3.05, 3.63) is 12.2 Å². The van der Waals surface area contributed by atoms with Crippen LogP contribution < -0.4 is 0 Å². The average molecular weight is 194 g/mol. The van der Waals surface area contributed by atoms with E-state index in [1.165, 1.54) is 18.4 Å². The molecule has 1 nitrogen and oxygen atoms in total. The van der Waals surface area contributed by atoms with Gasteiger partial charge in [0, 0.05) is 6.42 Å². The molecule has 0 aromatic heterocycles. The first-order valence-electron chi connectivity index (χ1n) is 5.73. The van der Waals surface area contributed by atoms with Crippen molar-refractivity contribution in [3.63, 3.8) is 0 Å². The highest BCUT2D eigenvalue weighted by molar-refractivity contribution is 5.49. The van der Waals surface area contributed by atoms with E-state index in [0.717, 1.165) is 37.4 Å². The van der Waals surface area contributed by atoms with Crippen molar-refractivity contribution in [3.8, 4) is 0 Å². The van der Waals surface area contributed by atoms with Crippen molar-refractivity contribution in [2.75, 3.05) is 0 Å². The van der Waals surface area contributed by atoms with Gasteiger partial charge in [-0.1, -0.05) is 26.0 Å². The highest BCUT2D eigenvalue weighted by Crippen LogP contribution is 2.37. The van der Waals surface area contributed by atoms with E-state index in [4.69, 9.17) is 0 Å². The zero-order valence-electron chi connectivity index (χ0n) is 9.46. The molecule has 1 fully saturated rings.